The van der Waals surface area contributed by atoms with Crippen molar-refractivity contribution in [3.63, 3.8) is 0 Å². The van der Waals surface area contributed by atoms with Gasteiger partial charge < -0.3 is 10.1 Å². The number of methoxy groups -OCH3 is 1. The first-order valence-corrected chi connectivity index (χ1v) is 9.12. The van der Waals surface area contributed by atoms with Crippen molar-refractivity contribution in [1.82, 2.24) is 10.0 Å². The van der Waals surface area contributed by atoms with E-state index >= 15 is 0 Å². The zero-order chi connectivity index (χ0) is 15.0. The average molecular weight is 320 g/mol. The van der Waals surface area contributed by atoms with Crippen molar-refractivity contribution in [2.75, 3.05) is 20.3 Å². The molecule has 5 nitrogen and oxygen atoms in total. The van der Waals surface area contributed by atoms with Crippen LogP contribution in [0.15, 0.2) is 16.3 Å². The van der Waals surface area contributed by atoms with Crippen LogP contribution in [0.1, 0.15) is 31.6 Å². The molecule has 0 spiro atoms. The first-order chi connectivity index (χ1) is 9.47. The van der Waals surface area contributed by atoms with E-state index in [0.717, 1.165) is 17.7 Å². The molecular weight excluding hydrogens is 296 g/mol. The summed E-state index contributed by atoms with van der Waals surface area (Å²) in [5, 5.41) is 5.06. The van der Waals surface area contributed by atoms with Crippen LogP contribution < -0.4 is 10.0 Å². The van der Waals surface area contributed by atoms with E-state index in [0.29, 0.717) is 30.6 Å². The van der Waals surface area contributed by atoms with Crippen LogP contribution in [0.3, 0.4) is 0 Å². The second-order valence-corrected chi connectivity index (χ2v) is 7.58. The van der Waals surface area contributed by atoms with E-state index in [1.807, 2.05) is 19.2 Å². The molecule has 0 fully saturated rings. The molecule has 0 amide bonds. The maximum Gasteiger partial charge on any atom is 0.241 e. The molecule has 2 N–H and O–H groups in total. The van der Waals surface area contributed by atoms with E-state index in [-0.39, 0.29) is 0 Å². The highest BCUT2D eigenvalue weighted by atomic mass is 32.2. The smallest absolute Gasteiger partial charge is 0.241 e. The van der Waals surface area contributed by atoms with Crippen LogP contribution in [-0.2, 0) is 21.3 Å². The van der Waals surface area contributed by atoms with Gasteiger partial charge >= 0.3 is 0 Å². The minimum Gasteiger partial charge on any atom is -0.385 e. The first kappa shape index (κ1) is 17.6. The van der Waals surface area contributed by atoms with Gasteiger partial charge in [0.25, 0.3) is 0 Å². The number of hydrogen-bond donors (Lipinski definition) is 2. The Morgan fingerprint density at radius 1 is 1.35 bits per heavy atom. The summed E-state index contributed by atoms with van der Waals surface area (Å²) in [6.45, 7) is 5.75. The van der Waals surface area contributed by atoms with Crippen molar-refractivity contribution in [1.29, 1.82) is 0 Å². The van der Waals surface area contributed by atoms with Crippen LogP contribution in [0.2, 0.25) is 0 Å². The quantitative estimate of drug-likeness (QED) is 0.647. The van der Waals surface area contributed by atoms with Crippen molar-refractivity contribution in [3.05, 3.63) is 16.3 Å². The van der Waals surface area contributed by atoms with Gasteiger partial charge in [0, 0.05) is 37.7 Å². The highest BCUT2D eigenvalue weighted by molar-refractivity contribution is 7.89. The molecular formula is C13H24N2O3S2. The Morgan fingerprint density at radius 3 is 2.75 bits per heavy atom. The summed E-state index contributed by atoms with van der Waals surface area (Å²) in [5.74, 6) is 0. The molecule has 1 aromatic heterocycles. The third-order valence-corrected chi connectivity index (χ3v) is 5.33. The van der Waals surface area contributed by atoms with Gasteiger partial charge in [-0.25, -0.2) is 13.1 Å². The molecule has 0 radical (unpaired) electrons. The second-order valence-electron chi connectivity index (χ2n) is 4.84. The number of sulfonamides is 1. The molecule has 1 rings (SSSR count). The van der Waals surface area contributed by atoms with Gasteiger partial charge in [0.15, 0.2) is 0 Å². The van der Waals surface area contributed by atoms with Crippen LogP contribution in [0.4, 0.5) is 0 Å². The molecule has 116 valence electrons. The highest BCUT2D eigenvalue weighted by Gasteiger charge is 2.19. The van der Waals surface area contributed by atoms with Crippen molar-refractivity contribution in [2.24, 2.45) is 0 Å². The second kappa shape index (κ2) is 8.74. The number of thiophene rings is 1. The summed E-state index contributed by atoms with van der Waals surface area (Å²) >= 11 is 1.46. The topological polar surface area (TPSA) is 67.4 Å². The number of ether oxygens (including phenoxy) is 1. The van der Waals surface area contributed by atoms with Crippen LogP contribution in [0.5, 0.6) is 0 Å². The lowest BCUT2D eigenvalue weighted by Crippen LogP contribution is -2.27. The lowest BCUT2D eigenvalue weighted by Gasteiger charge is -2.10. The minimum atomic E-state index is -3.40. The lowest BCUT2D eigenvalue weighted by atomic mass is 10.3. The zero-order valence-corrected chi connectivity index (χ0v) is 13.9. The van der Waals surface area contributed by atoms with E-state index in [2.05, 4.69) is 10.0 Å². The van der Waals surface area contributed by atoms with Gasteiger partial charge in [-0.2, -0.15) is 0 Å². The van der Waals surface area contributed by atoms with Gasteiger partial charge in [0.1, 0.15) is 0 Å². The molecule has 0 atom stereocenters. The van der Waals surface area contributed by atoms with E-state index in [4.69, 9.17) is 4.74 Å². The predicted octanol–water partition coefficient (Wildman–Crippen LogP) is 1.95. The fraction of sp³-hybridized carbons (Fsp3) is 0.692. The average Bonchev–Trinajstić information content (AvgIpc) is 2.85. The van der Waals surface area contributed by atoms with Gasteiger partial charge in [-0.1, -0.05) is 13.8 Å². The molecule has 0 aliphatic carbocycles. The van der Waals surface area contributed by atoms with Crippen molar-refractivity contribution in [3.8, 4) is 0 Å². The van der Waals surface area contributed by atoms with Crippen molar-refractivity contribution < 1.29 is 13.2 Å². The van der Waals surface area contributed by atoms with E-state index in [1.165, 1.54) is 11.3 Å². The van der Waals surface area contributed by atoms with Gasteiger partial charge in [0.05, 0.1) is 4.90 Å². The van der Waals surface area contributed by atoms with Crippen LogP contribution >= 0.6 is 11.3 Å². The van der Waals surface area contributed by atoms with Crippen LogP contribution in [0.25, 0.3) is 0 Å². The molecule has 7 heteroatoms. The summed E-state index contributed by atoms with van der Waals surface area (Å²) in [5.41, 5.74) is 0. The monoisotopic (exact) mass is 320 g/mol. The normalized spacial score (nSPS) is 12.2. The molecule has 0 bridgehead atoms. The largest absolute Gasteiger partial charge is 0.385 e. The van der Waals surface area contributed by atoms with Crippen molar-refractivity contribution >= 4 is 21.4 Å². The minimum absolute atomic E-state index is 0.328. The molecule has 1 heterocycles. The van der Waals surface area contributed by atoms with E-state index < -0.39 is 10.0 Å². The summed E-state index contributed by atoms with van der Waals surface area (Å²) in [7, 11) is -1.76. The zero-order valence-electron chi connectivity index (χ0n) is 12.3. The fourth-order valence-corrected chi connectivity index (χ4v) is 4.12. The summed E-state index contributed by atoms with van der Waals surface area (Å²) in [6, 6.07) is 1.99. The molecule has 0 aliphatic heterocycles. The maximum atomic E-state index is 12.2. The maximum absolute atomic E-state index is 12.2. The third kappa shape index (κ3) is 5.88. The molecule has 0 saturated carbocycles. The van der Waals surface area contributed by atoms with E-state index in [1.54, 1.807) is 13.2 Å². The van der Waals surface area contributed by atoms with Gasteiger partial charge in [-0.15, -0.1) is 11.3 Å². The Labute approximate surface area is 125 Å². The molecule has 20 heavy (non-hydrogen) atoms. The Balaban J connectivity index is 2.56. The van der Waals surface area contributed by atoms with Crippen molar-refractivity contribution in [2.45, 2.75) is 44.2 Å². The summed E-state index contributed by atoms with van der Waals surface area (Å²) in [6.07, 6.45) is 1.63. The predicted molar refractivity (Wildman–Crippen MR) is 82.6 cm³/mol. The lowest BCUT2D eigenvalue weighted by molar-refractivity contribution is 0.193. The standard InChI is InChI=1S/C13H24N2O3S2/c1-11(2)14-10-12-13(6-9-19-12)20(16,17)15-7-4-5-8-18-3/h6,9,11,14-15H,4-5,7-8,10H2,1-3H3. The Morgan fingerprint density at radius 2 is 2.10 bits per heavy atom. The molecule has 1 aromatic rings. The Hall–Kier alpha value is -0.470. The molecule has 0 aliphatic rings. The number of rotatable bonds is 10. The SMILES string of the molecule is COCCCCNS(=O)(=O)c1ccsc1CNC(C)C. The molecule has 0 unspecified atom stereocenters. The fourth-order valence-electron chi connectivity index (χ4n) is 1.65. The van der Waals surface area contributed by atoms with E-state index in [9.17, 15) is 8.42 Å². The number of unbranched alkanes of at least 4 members (excludes halogenated alkanes) is 1. The van der Waals surface area contributed by atoms with Crippen LogP contribution in [0, 0.1) is 0 Å². The highest BCUT2D eigenvalue weighted by Crippen LogP contribution is 2.21. The summed E-state index contributed by atoms with van der Waals surface area (Å²) < 4.78 is 32.0. The van der Waals surface area contributed by atoms with Gasteiger partial charge in [-0.05, 0) is 24.3 Å². The summed E-state index contributed by atoms with van der Waals surface area (Å²) in [4.78, 5) is 1.24. The van der Waals surface area contributed by atoms with Gasteiger partial charge in [-0.3, -0.25) is 0 Å². The van der Waals surface area contributed by atoms with Gasteiger partial charge in [0.2, 0.25) is 10.0 Å². The Bertz CT molecular complexity index is 484. The molecule has 0 aromatic carbocycles. The Kier molecular flexibility index (Phi) is 7.68. The third-order valence-electron chi connectivity index (χ3n) is 2.73. The van der Waals surface area contributed by atoms with Crippen LogP contribution in [-0.4, -0.2) is 34.7 Å². The number of nitrogens with one attached hydrogen (secondary N) is 2. The number of hydrogen-bond acceptors (Lipinski definition) is 5. The first-order valence-electron chi connectivity index (χ1n) is 6.75. The molecule has 0 saturated heterocycles.